The van der Waals surface area contributed by atoms with E-state index in [-0.39, 0.29) is 25.8 Å². The van der Waals surface area contributed by atoms with Crippen LogP contribution in [0, 0.1) is 0 Å². The van der Waals surface area contributed by atoms with E-state index < -0.39 is 13.9 Å². The van der Waals surface area contributed by atoms with Crippen molar-refractivity contribution >= 4 is 13.8 Å². The van der Waals surface area contributed by atoms with Crippen LogP contribution in [-0.2, 0) is 27.9 Å². The highest BCUT2D eigenvalue weighted by Crippen LogP contribution is 2.38. The Bertz CT molecular complexity index is 925. The maximum atomic E-state index is 12.7. The number of esters is 1. The third-order valence-corrected chi connectivity index (χ3v) is 11.8. The number of hydrogen-bond acceptors (Lipinski definition) is 7. The van der Waals surface area contributed by atoms with Crippen molar-refractivity contribution in [2.75, 3.05) is 54.1 Å². The number of phosphoric acid groups is 1. The molecule has 0 aliphatic heterocycles. The summed E-state index contributed by atoms with van der Waals surface area (Å²) < 4.78 is 34.6. The molecule has 57 heavy (non-hydrogen) atoms. The maximum absolute atomic E-state index is 12.7. The molecule has 0 aromatic rings. The first-order valence-corrected chi connectivity index (χ1v) is 25.9. The molecule has 0 aromatic heterocycles. The fraction of sp³-hybridized carbons (Fsp3) is 0.938. The van der Waals surface area contributed by atoms with Gasteiger partial charge in [-0.1, -0.05) is 206 Å². The number of carbonyl (C=O) groups is 1. The Morgan fingerprint density at radius 1 is 0.526 bits per heavy atom. The van der Waals surface area contributed by atoms with Crippen LogP contribution in [0.15, 0.2) is 12.2 Å². The van der Waals surface area contributed by atoms with Gasteiger partial charge in [0, 0.05) is 13.0 Å². The number of allylic oxidation sites excluding steroid dienone is 2. The molecule has 0 saturated carbocycles. The Hall–Kier alpha value is -0.760. The smallest absolute Gasteiger partial charge is 0.306 e. The Labute approximate surface area is 354 Å². The predicted molar refractivity (Wildman–Crippen MR) is 241 cm³/mol. The van der Waals surface area contributed by atoms with E-state index in [1.165, 1.54) is 180 Å². The van der Waals surface area contributed by atoms with Crippen LogP contribution in [0.3, 0.4) is 0 Å². The van der Waals surface area contributed by atoms with Crippen molar-refractivity contribution in [1.29, 1.82) is 0 Å². The molecule has 0 heterocycles. The van der Waals surface area contributed by atoms with E-state index in [0.29, 0.717) is 24.1 Å². The monoisotopic (exact) mass is 830 g/mol. The zero-order chi connectivity index (χ0) is 42.0. The fourth-order valence-corrected chi connectivity index (χ4v) is 7.75. The highest BCUT2D eigenvalue weighted by atomic mass is 31.2. The van der Waals surface area contributed by atoms with Gasteiger partial charge in [-0.05, 0) is 32.1 Å². The SMILES string of the molecule is CCC/C=C\CCCCCCCCOCC(COP(=O)([O-])OCC[N+](C)(C)C)OC(=O)CCCCCCCCCCCCCCCCCCCCCCCCCC. The average molecular weight is 830 g/mol. The number of phosphoric ester groups is 1. The Kier molecular flexibility index (Phi) is 41.4. The minimum absolute atomic E-state index is 0.0281. The molecule has 0 aliphatic rings. The van der Waals surface area contributed by atoms with Crippen LogP contribution in [0.2, 0.25) is 0 Å². The Morgan fingerprint density at radius 2 is 0.947 bits per heavy atom. The Morgan fingerprint density at radius 3 is 1.40 bits per heavy atom. The van der Waals surface area contributed by atoms with Crippen molar-refractivity contribution in [2.45, 2.75) is 238 Å². The number of ether oxygens (including phenoxy) is 2. The van der Waals surface area contributed by atoms with Gasteiger partial charge in [0.25, 0.3) is 7.82 Å². The van der Waals surface area contributed by atoms with Gasteiger partial charge in [-0.2, -0.15) is 0 Å². The summed E-state index contributed by atoms with van der Waals surface area (Å²) in [4.78, 5) is 25.1. The van der Waals surface area contributed by atoms with Crippen LogP contribution in [0.4, 0.5) is 0 Å². The molecule has 0 fully saturated rings. The summed E-state index contributed by atoms with van der Waals surface area (Å²) in [7, 11) is 1.36. The highest BCUT2D eigenvalue weighted by molar-refractivity contribution is 7.45. The number of likely N-dealkylation sites (N-methyl/N-ethyl adjacent to an activating group) is 1. The molecule has 340 valence electrons. The van der Waals surface area contributed by atoms with Gasteiger partial charge in [0.15, 0.2) is 0 Å². The van der Waals surface area contributed by atoms with Gasteiger partial charge in [0.05, 0.1) is 34.4 Å². The molecule has 9 heteroatoms. The minimum atomic E-state index is -4.52. The van der Waals surface area contributed by atoms with E-state index in [9.17, 15) is 14.3 Å². The lowest BCUT2D eigenvalue weighted by atomic mass is 10.0. The molecule has 0 bridgehead atoms. The van der Waals surface area contributed by atoms with Crippen LogP contribution in [0.5, 0.6) is 0 Å². The normalized spacial score (nSPS) is 13.7. The summed E-state index contributed by atoms with van der Waals surface area (Å²) in [6.07, 6.45) is 46.7. The first-order valence-electron chi connectivity index (χ1n) is 24.4. The third-order valence-electron chi connectivity index (χ3n) is 10.8. The van der Waals surface area contributed by atoms with Gasteiger partial charge in [-0.3, -0.25) is 9.36 Å². The van der Waals surface area contributed by atoms with E-state index in [1.807, 2.05) is 21.1 Å². The van der Waals surface area contributed by atoms with Crippen LogP contribution >= 0.6 is 7.82 Å². The van der Waals surface area contributed by atoms with Crippen molar-refractivity contribution in [3.05, 3.63) is 12.2 Å². The lowest BCUT2D eigenvalue weighted by Crippen LogP contribution is -2.37. The second kappa shape index (κ2) is 42.0. The lowest BCUT2D eigenvalue weighted by Gasteiger charge is -2.28. The van der Waals surface area contributed by atoms with Crippen molar-refractivity contribution in [2.24, 2.45) is 0 Å². The molecule has 2 unspecified atom stereocenters. The lowest BCUT2D eigenvalue weighted by molar-refractivity contribution is -0.870. The average Bonchev–Trinajstić information content (AvgIpc) is 3.16. The summed E-state index contributed by atoms with van der Waals surface area (Å²) in [6, 6.07) is 0. The van der Waals surface area contributed by atoms with Crippen LogP contribution in [0.1, 0.15) is 232 Å². The molecule has 0 aliphatic carbocycles. The molecule has 0 N–H and O–H groups in total. The van der Waals surface area contributed by atoms with Gasteiger partial charge in [0.1, 0.15) is 19.3 Å². The van der Waals surface area contributed by atoms with Crippen molar-refractivity contribution < 1.29 is 37.3 Å². The molecule has 0 aromatic carbocycles. The third kappa shape index (κ3) is 46.2. The fourth-order valence-electron chi connectivity index (χ4n) is 7.02. The number of unbranched alkanes of at least 4 members (excludes halogenated alkanes) is 30. The number of quaternary nitrogens is 1. The van der Waals surface area contributed by atoms with Gasteiger partial charge in [-0.25, -0.2) is 0 Å². The quantitative estimate of drug-likeness (QED) is 0.0198. The second-order valence-corrected chi connectivity index (χ2v) is 19.2. The first-order chi connectivity index (χ1) is 27.6. The predicted octanol–water partition coefficient (Wildman–Crippen LogP) is 14.0. The molecule has 0 spiro atoms. The minimum Gasteiger partial charge on any atom is -0.756 e. The zero-order valence-corrected chi connectivity index (χ0v) is 39.5. The second-order valence-electron chi connectivity index (χ2n) is 17.8. The summed E-state index contributed by atoms with van der Waals surface area (Å²) in [5.41, 5.74) is 0. The number of rotatable bonds is 46. The molecule has 0 radical (unpaired) electrons. The first kappa shape index (κ1) is 56.2. The van der Waals surface area contributed by atoms with Crippen molar-refractivity contribution in [1.82, 2.24) is 0 Å². The topological polar surface area (TPSA) is 94.1 Å². The van der Waals surface area contributed by atoms with E-state index in [4.69, 9.17) is 18.5 Å². The molecule has 0 saturated heterocycles. The van der Waals surface area contributed by atoms with Crippen molar-refractivity contribution in [3.8, 4) is 0 Å². The summed E-state index contributed by atoms with van der Waals surface area (Å²) >= 11 is 0. The summed E-state index contributed by atoms with van der Waals surface area (Å²) in [5.74, 6) is -0.331. The van der Waals surface area contributed by atoms with Crippen LogP contribution in [0.25, 0.3) is 0 Å². The highest BCUT2D eigenvalue weighted by Gasteiger charge is 2.20. The number of nitrogens with zero attached hydrogens (tertiary/aromatic N) is 1. The van der Waals surface area contributed by atoms with E-state index >= 15 is 0 Å². The van der Waals surface area contributed by atoms with E-state index in [2.05, 4.69) is 26.0 Å². The molecule has 0 rings (SSSR count). The van der Waals surface area contributed by atoms with Crippen molar-refractivity contribution in [3.63, 3.8) is 0 Å². The van der Waals surface area contributed by atoms with Crippen LogP contribution in [-0.4, -0.2) is 70.7 Å². The van der Waals surface area contributed by atoms with Gasteiger partial charge in [0.2, 0.25) is 0 Å². The zero-order valence-electron chi connectivity index (χ0n) is 38.6. The molecular formula is C48H96NO7P. The number of carbonyl (C=O) groups excluding carboxylic acids is 1. The summed E-state index contributed by atoms with van der Waals surface area (Å²) in [6.45, 7) is 5.39. The maximum Gasteiger partial charge on any atom is 0.306 e. The van der Waals surface area contributed by atoms with Gasteiger partial charge in [-0.15, -0.1) is 0 Å². The largest absolute Gasteiger partial charge is 0.756 e. The molecular weight excluding hydrogens is 734 g/mol. The van der Waals surface area contributed by atoms with E-state index in [1.54, 1.807) is 0 Å². The number of hydrogen-bond donors (Lipinski definition) is 0. The van der Waals surface area contributed by atoms with E-state index in [0.717, 1.165) is 32.1 Å². The van der Waals surface area contributed by atoms with Gasteiger partial charge < -0.3 is 27.9 Å². The van der Waals surface area contributed by atoms with Gasteiger partial charge >= 0.3 is 5.97 Å². The molecule has 8 nitrogen and oxygen atoms in total. The molecule has 0 amide bonds. The Balaban J connectivity index is 4.01. The summed E-state index contributed by atoms with van der Waals surface area (Å²) in [5, 5.41) is 0. The molecule has 2 atom stereocenters. The van der Waals surface area contributed by atoms with Crippen LogP contribution < -0.4 is 4.89 Å². The standard InChI is InChI=1S/C48H96NO7P/c1-6-8-10-12-14-16-18-19-20-21-22-23-24-25-26-27-28-29-30-31-33-35-37-39-41-48(50)56-47(46-55-57(51,52)54-44-42-49(3,4)5)45-53-43-40-38-36-34-32-17-15-13-11-9-7-2/h11,13,47H,6-10,12,14-46H2,1-5H3/b13-11-.